The first-order valence-electron chi connectivity index (χ1n) is 6.39. The molecule has 1 aromatic heterocycles. The molecular weight excluding hydrogens is 240 g/mol. The van der Waals surface area contributed by atoms with Gasteiger partial charge in [-0.15, -0.1) is 11.3 Å². The van der Waals surface area contributed by atoms with Gasteiger partial charge in [0.05, 0.1) is 11.2 Å². The van der Waals surface area contributed by atoms with E-state index in [0.29, 0.717) is 6.04 Å². The zero-order chi connectivity index (χ0) is 13.0. The third kappa shape index (κ3) is 3.18. The second kappa shape index (κ2) is 6.12. The lowest BCUT2D eigenvalue weighted by Crippen LogP contribution is -2.20. The van der Waals surface area contributed by atoms with Crippen LogP contribution in [-0.2, 0) is 6.54 Å². The zero-order valence-corrected chi connectivity index (χ0v) is 12.1. The van der Waals surface area contributed by atoms with Crippen LogP contribution in [0, 0.1) is 13.8 Å². The lowest BCUT2D eigenvalue weighted by atomic mass is 10.0. The fourth-order valence-corrected chi connectivity index (χ4v) is 2.74. The molecule has 0 amide bonds. The molecule has 2 aromatic rings. The highest BCUT2D eigenvalue weighted by Gasteiger charge is 2.09. The molecule has 0 spiro atoms. The van der Waals surface area contributed by atoms with Crippen molar-refractivity contribution in [2.45, 2.75) is 39.8 Å². The van der Waals surface area contributed by atoms with E-state index in [0.717, 1.165) is 18.7 Å². The van der Waals surface area contributed by atoms with Gasteiger partial charge in [-0.05, 0) is 25.8 Å². The van der Waals surface area contributed by atoms with Crippen molar-refractivity contribution in [3.63, 3.8) is 0 Å². The van der Waals surface area contributed by atoms with Crippen LogP contribution in [0.1, 0.15) is 41.1 Å². The standard InChI is InChI=1S/C15H20N2S/c1-4-14(13-7-5-11(2)6-8-13)16-9-15-12(3)17-10-18-15/h5-8,10,14,16H,4,9H2,1-3H3. The van der Waals surface area contributed by atoms with Gasteiger partial charge in [0.25, 0.3) is 0 Å². The summed E-state index contributed by atoms with van der Waals surface area (Å²) in [6.07, 6.45) is 1.10. The number of rotatable bonds is 5. The Kier molecular flexibility index (Phi) is 4.50. The summed E-state index contributed by atoms with van der Waals surface area (Å²) < 4.78 is 0. The summed E-state index contributed by atoms with van der Waals surface area (Å²) in [7, 11) is 0. The Balaban J connectivity index is 2.01. The normalized spacial score (nSPS) is 12.6. The number of benzene rings is 1. The first-order valence-corrected chi connectivity index (χ1v) is 7.27. The van der Waals surface area contributed by atoms with Crippen molar-refractivity contribution >= 4 is 11.3 Å². The molecule has 1 N–H and O–H groups in total. The van der Waals surface area contributed by atoms with E-state index in [-0.39, 0.29) is 0 Å². The van der Waals surface area contributed by atoms with Crippen molar-refractivity contribution in [3.05, 3.63) is 51.5 Å². The molecule has 0 radical (unpaired) electrons. The first-order chi connectivity index (χ1) is 8.70. The average molecular weight is 260 g/mol. The maximum atomic E-state index is 4.28. The van der Waals surface area contributed by atoms with E-state index in [9.17, 15) is 0 Å². The smallest absolute Gasteiger partial charge is 0.0798 e. The Bertz CT molecular complexity index is 487. The van der Waals surface area contributed by atoms with Gasteiger partial charge in [0, 0.05) is 17.5 Å². The first kappa shape index (κ1) is 13.2. The average Bonchev–Trinajstić information content (AvgIpc) is 2.78. The van der Waals surface area contributed by atoms with Gasteiger partial charge in [0.1, 0.15) is 0 Å². The fraction of sp³-hybridized carbons (Fsp3) is 0.400. The molecule has 2 rings (SSSR count). The highest BCUT2D eigenvalue weighted by atomic mass is 32.1. The van der Waals surface area contributed by atoms with Gasteiger partial charge in [0.15, 0.2) is 0 Å². The van der Waals surface area contributed by atoms with E-state index >= 15 is 0 Å². The zero-order valence-electron chi connectivity index (χ0n) is 11.2. The van der Waals surface area contributed by atoms with Gasteiger partial charge in [-0.3, -0.25) is 0 Å². The third-order valence-corrected chi connectivity index (χ3v) is 4.18. The SMILES string of the molecule is CCC(NCc1scnc1C)c1ccc(C)cc1. The largest absolute Gasteiger partial charge is 0.305 e. The minimum atomic E-state index is 0.423. The summed E-state index contributed by atoms with van der Waals surface area (Å²) in [5, 5.41) is 3.62. The Morgan fingerprint density at radius 3 is 2.50 bits per heavy atom. The molecule has 0 aliphatic rings. The van der Waals surface area contributed by atoms with Crippen LogP contribution in [0.15, 0.2) is 29.8 Å². The van der Waals surface area contributed by atoms with Crippen molar-refractivity contribution in [1.82, 2.24) is 10.3 Å². The molecule has 0 saturated carbocycles. The molecule has 0 aliphatic carbocycles. The summed E-state index contributed by atoms with van der Waals surface area (Å²) in [4.78, 5) is 5.62. The lowest BCUT2D eigenvalue weighted by Gasteiger charge is -2.17. The van der Waals surface area contributed by atoms with Gasteiger partial charge in [0.2, 0.25) is 0 Å². The predicted octanol–water partition coefficient (Wildman–Crippen LogP) is 4.00. The number of thiazole rings is 1. The van der Waals surface area contributed by atoms with Crippen LogP contribution in [0.3, 0.4) is 0 Å². The number of hydrogen-bond donors (Lipinski definition) is 1. The molecule has 96 valence electrons. The Morgan fingerprint density at radius 2 is 1.94 bits per heavy atom. The third-order valence-electron chi connectivity index (χ3n) is 3.24. The second-order valence-electron chi connectivity index (χ2n) is 4.61. The summed E-state index contributed by atoms with van der Waals surface area (Å²) in [6.45, 7) is 7.32. The Morgan fingerprint density at radius 1 is 1.22 bits per heavy atom. The monoisotopic (exact) mass is 260 g/mol. The molecule has 1 aromatic carbocycles. The molecule has 0 fully saturated rings. The van der Waals surface area contributed by atoms with Gasteiger partial charge < -0.3 is 5.32 Å². The molecule has 0 aliphatic heterocycles. The molecule has 1 unspecified atom stereocenters. The summed E-state index contributed by atoms with van der Waals surface area (Å²) >= 11 is 1.73. The minimum absolute atomic E-state index is 0.423. The summed E-state index contributed by atoms with van der Waals surface area (Å²) in [5.41, 5.74) is 5.74. The van der Waals surface area contributed by atoms with Gasteiger partial charge in [-0.25, -0.2) is 4.98 Å². The molecule has 3 heteroatoms. The van der Waals surface area contributed by atoms with Crippen molar-refractivity contribution in [2.24, 2.45) is 0 Å². The molecule has 18 heavy (non-hydrogen) atoms. The molecule has 2 nitrogen and oxygen atoms in total. The second-order valence-corrected chi connectivity index (χ2v) is 5.55. The summed E-state index contributed by atoms with van der Waals surface area (Å²) in [6, 6.07) is 9.22. The van der Waals surface area contributed by atoms with Crippen LogP contribution in [0.2, 0.25) is 0 Å². The number of aryl methyl sites for hydroxylation is 2. The van der Waals surface area contributed by atoms with E-state index in [1.807, 2.05) is 5.51 Å². The highest BCUT2D eigenvalue weighted by Crippen LogP contribution is 2.19. The van der Waals surface area contributed by atoms with Crippen LogP contribution in [-0.4, -0.2) is 4.98 Å². The minimum Gasteiger partial charge on any atom is -0.305 e. The van der Waals surface area contributed by atoms with E-state index in [4.69, 9.17) is 0 Å². The van der Waals surface area contributed by atoms with Crippen molar-refractivity contribution in [3.8, 4) is 0 Å². The number of aromatic nitrogens is 1. The maximum Gasteiger partial charge on any atom is 0.0798 e. The van der Waals surface area contributed by atoms with Crippen molar-refractivity contribution in [2.75, 3.05) is 0 Å². The lowest BCUT2D eigenvalue weighted by molar-refractivity contribution is 0.521. The molecular formula is C15H20N2S. The Hall–Kier alpha value is -1.19. The molecule has 0 saturated heterocycles. The van der Waals surface area contributed by atoms with Crippen LogP contribution in [0.5, 0.6) is 0 Å². The van der Waals surface area contributed by atoms with Crippen LogP contribution in [0.25, 0.3) is 0 Å². The van der Waals surface area contributed by atoms with E-state index in [2.05, 4.69) is 55.3 Å². The quantitative estimate of drug-likeness (QED) is 0.879. The van der Waals surface area contributed by atoms with Gasteiger partial charge >= 0.3 is 0 Å². The predicted molar refractivity (Wildman–Crippen MR) is 77.9 cm³/mol. The van der Waals surface area contributed by atoms with Crippen LogP contribution in [0.4, 0.5) is 0 Å². The number of hydrogen-bond acceptors (Lipinski definition) is 3. The van der Waals surface area contributed by atoms with Gasteiger partial charge in [-0.1, -0.05) is 36.8 Å². The van der Waals surface area contributed by atoms with Crippen molar-refractivity contribution in [1.29, 1.82) is 0 Å². The number of nitrogens with one attached hydrogen (secondary N) is 1. The highest BCUT2D eigenvalue weighted by molar-refractivity contribution is 7.09. The molecule has 1 atom stereocenters. The van der Waals surface area contributed by atoms with E-state index in [1.54, 1.807) is 11.3 Å². The topological polar surface area (TPSA) is 24.9 Å². The van der Waals surface area contributed by atoms with Gasteiger partial charge in [-0.2, -0.15) is 0 Å². The van der Waals surface area contributed by atoms with Crippen LogP contribution < -0.4 is 5.32 Å². The molecule has 1 heterocycles. The van der Waals surface area contributed by atoms with Crippen molar-refractivity contribution < 1.29 is 0 Å². The maximum absolute atomic E-state index is 4.28. The Labute approximate surface area is 113 Å². The van der Waals surface area contributed by atoms with E-state index in [1.165, 1.54) is 16.0 Å². The van der Waals surface area contributed by atoms with E-state index < -0.39 is 0 Å². The summed E-state index contributed by atoms with van der Waals surface area (Å²) in [5.74, 6) is 0. The fourth-order valence-electron chi connectivity index (χ4n) is 2.01. The van der Waals surface area contributed by atoms with Crippen LogP contribution >= 0.6 is 11.3 Å². The molecule has 0 bridgehead atoms. The number of nitrogens with zero attached hydrogens (tertiary/aromatic N) is 1.